The van der Waals surface area contributed by atoms with Crippen molar-refractivity contribution in [1.82, 2.24) is 24.9 Å². The number of carbonyl (C=O) groups excluding carboxylic acids is 1. The molecule has 9 rings (SSSR count). The third kappa shape index (κ3) is 5.38. The van der Waals surface area contributed by atoms with Crippen LogP contribution in [0, 0.1) is 12.7 Å². The first-order chi connectivity index (χ1) is 19.9. The fraction of sp³-hybridized carbons (Fsp3) is 0.387. The average Bonchev–Trinajstić information content (AvgIpc) is 3.38. The van der Waals surface area contributed by atoms with Gasteiger partial charge in [0.2, 0.25) is 0 Å². The van der Waals surface area contributed by atoms with E-state index in [0.29, 0.717) is 25.3 Å². The molecule has 1 amide bonds. The second-order valence-electron chi connectivity index (χ2n) is 10.9. The molecule has 41 heavy (non-hydrogen) atoms. The first-order valence-electron chi connectivity index (χ1n) is 14.1. The summed E-state index contributed by atoms with van der Waals surface area (Å²) >= 11 is 0. The van der Waals surface area contributed by atoms with Crippen LogP contribution in [0.4, 0.5) is 4.39 Å². The number of carboxylic acid groups (broad SMARTS) is 1. The molecule has 1 atom stereocenters. The zero-order chi connectivity index (χ0) is 28.5. The molecule has 10 heteroatoms. The fourth-order valence-electron chi connectivity index (χ4n) is 5.99. The molecule has 9 bridgehead atoms. The Labute approximate surface area is 236 Å². The van der Waals surface area contributed by atoms with Crippen molar-refractivity contribution in [1.29, 1.82) is 0 Å². The van der Waals surface area contributed by atoms with Gasteiger partial charge in [-0.1, -0.05) is 35.9 Å². The van der Waals surface area contributed by atoms with Gasteiger partial charge in [0, 0.05) is 31.6 Å². The van der Waals surface area contributed by atoms with Crippen LogP contribution in [-0.4, -0.2) is 55.0 Å². The third-order valence-corrected chi connectivity index (χ3v) is 8.22. The summed E-state index contributed by atoms with van der Waals surface area (Å²) in [5.74, 6) is -2.19. The lowest BCUT2D eigenvalue weighted by Gasteiger charge is -2.30. The van der Waals surface area contributed by atoms with Crippen LogP contribution in [0.2, 0.25) is 0 Å². The smallest absolute Gasteiger partial charge is 0.304 e. The van der Waals surface area contributed by atoms with Gasteiger partial charge in [0.25, 0.3) is 5.91 Å². The Balaban J connectivity index is 1.40. The lowest BCUT2D eigenvalue weighted by atomic mass is 9.83. The number of nitrogens with zero attached hydrogens (tertiary/aromatic N) is 5. The monoisotopic (exact) mass is 557 g/mol. The summed E-state index contributed by atoms with van der Waals surface area (Å²) in [4.78, 5) is 31.0. The Morgan fingerprint density at radius 1 is 1.10 bits per heavy atom. The topological polar surface area (TPSA) is 110 Å². The van der Waals surface area contributed by atoms with Crippen molar-refractivity contribution < 1.29 is 23.8 Å². The second-order valence-corrected chi connectivity index (χ2v) is 10.9. The number of aliphatic carboxylic acids is 1. The summed E-state index contributed by atoms with van der Waals surface area (Å²) in [6, 6.07) is 11.2. The molecule has 1 unspecified atom stereocenters. The van der Waals surface area contributed by atoms with Gasteiger partial charge in [-0.2, -0.15) is 0 Å². The van der Waals surface area contributed by atoms with Crippen molar-refractivity contribution in [3.8, 4) is 5.75 Å². The predicted octanol–water partition coefficient (Wildman–Crippen LogP) is 5.03. The van der Waals surface area contributed by atoms with Gasteiger partial charge in [-0.15, -0.1) is 5.10 Å². The summed E-state index contributed by atoms with van der Waals surface area (Å²) in [5.41, 5.74) is 6.13. The van der Waals surface area contributed by atoms with Crippen LogP contribution >= 0.6 is 0 Å². The van der Waals surface area contributed by atoms with Crippen molar-refractivity contribution in [2.75, 3.05) is 13.2 Å². The number of hydrogen-bond acceptors (Lipinski definition) is 6. The molecule has 0 saturated heterocycles. The number of ether oxygens (including phenoxy) is 1. The molecule has 1 N–H and O–H groups in total. The summed E-state index contributed by atoms with van der Waals surface area (Å²) < 4.78 is 22.6. The van der Waals surface area contributed by atoms with Crippen molar-refractivity contribution in [3.63, 3.8) is 0 Å². The lowest BCUT2D eigenvalue weighted by Crippen LogP contribution is -2.37. The SMILES string of the molecule is Cc1c2ccc3c1nnn3CCCCCCOc1cnc(c(F)c1)C(=O)N1CCc3ccc(cc3C1)C2CC(=O)O. The van der Waals surface area contributed by atoms with Crippen LogP contribution in [0.1, 0.15) is 76.3 Å². The van der Waals surface area contributed by atoms with Crippen molar-refractivity contribution in [3.05, 3.63) is 81.9 Å². The molecule has 5 aliphatic heterocycles. The molecule has 212 valence electrons. The van der Waals surface area contributed by atoms with E-state index in [1.54, 1.807) is 4.90 Å². The zero-order valence-electron chi connectivity index (χ0n) is 23.0. The van der Waals surface area contributed by atoms with Gasteiger partial charge in [-0.25, -0.2) is 14.1 Å². The van der Waals surface area contributed by atoms with Gasteiger partial charge in [0.15, 0.2) is 11.5 Å². The number of aromatic nitrogens is 4. The first-order valence-corrected chi connectivity index (χ1v) is 14.1. The van der Waals surface area contributed by atoms with E-state index < -0.39 is 23.6 Å². The highest BCUT2D eigenvalue weighted by Crippen LogP contribution is 2.35. The number of halogens is 1. The summed E-state index contributed by atoms with van der Waals surface area (Å²) in [6.07, 6.45) is 5.56. The molecule has 9 nitrogen and oxygen atoms in total. The maximum atomic E-state index is 15.0. The highest BCUT2D eigenvalue weighted by molar-refractivity contribution is 5.92. The van der Waals surface area contributed by atoms with Gasteiger partial charge in [-0.3, -0.25) is 9.59 Å². The number of rotatable bonds is 2. The van der Waals surface area contributed by atoms with Crippen LogP contribution in [0.25, 0.3) is 11.0 Å². The van der Waals surface area contributed by atoms with Crippen LogP contribution in [0.15, 0.2) is 42.6 Å². The zero-order valence-corrected chi connectivity index (χ0v) is 23.0. The standard InChI is InChI=1S/C31H32FN5O4/c1-19-24-8-9-27-29(19)34-35-37(27)11-4-2-3-5-13-41-23-15-26(32)30(33-17-23)31(40)36-12-10-20-6-7-21(14-22(20)18-36)25(24)16-28(38)39/h6-9,14-15,17,25H,2-5,10-13,16,18H2,1H3,(H,38,39). The Hall–Kier alpha value is -4.34. The minimum atomic E-state index is -0.904. The predicted molar refractivity (Wildman–Crippen MR) is 149 cm³/mol. The molecular weight excluding hydrogens is 525 g/mol. The van der Waals surface area contributed by atoms with Crippen molar-refractivity contribution in [2.45, 2.75) is 64.5 Å². The molecule has 4 aromatic rings. The summed E-state index contributed by atoms with van der Waals surface area (Å²) in [7, 11) is 0. The van der Waals surface area contributed by atoms with E-state index in [2.05, 4.69) is 15.3 Å². The number of aryl methyl sites for hydroxylation is 2. The number of pyridine rings is 1. The maximum absolute atomic E-state index is 15.0. The number of carbonyl (C=O) groups is 2. The molecule has 2 aromatic carbocycles. The number of hydrogen-bond donors (Lipinski definition) is 1. The van der Waals surface area contributed by atoms with E-state index in [4.69, 9.17) is 4.74 Å². The van der Waals surface area contributed by atoms with Crippen LogP contribution in [0.5, 0.6) is 5.75 Å². The van der Waals surface area contributed by atoms with Crippen LogP contribution in [-0.2, 0) is 24.3 Å². The van der Waals surface area contributed by atoms with Crippen molar-refractivity contribution in [2.24, 2.45) is 0 Å². The highest BCUT2D eigenvalue weighted by atomic mass is 19.1. The quantitative estimate of drug-likeness (QED) is 0.368. The summed E-state index contributed by atoms with van der Waals surface area (Å²) in [6.45, 7) is 3.85. The highest BCUT2D eigenvalue weighted by Gasteiger charge is 2.28. The Morgan fingerprint density at radius 3 is 2.78 bits per heavy atom. The minimum absolute atomic E-state index is 0.0918. The number of benzene rings is 2. The molecule has 0 aliphatic carbocycles. The van der Waals surface area contributed by atoms with Crippen LogP contribution < -0.4 is 4.74 Å². The van der Waals surface area contributed by atoms with E-state index in [0.717, 1.165) is 71.1 Å². The Morgan fingerprint density at radius 2 is 1.95 bits per heavy atom. The van der Waals surface area contributed by atoms with E-state index >= 15 is 0 Å². The molecule has 0 radical (unpaired) electrons. The third-order valence-electron chi connectivity index (χ3n) is 8.22. The van der Waals surface area contributed by atoms with Crippen LogP contribution in [0.3, 0.4) is 0 Å². The molecule has 7 heterocycles. The lowest BCUT2D eigenvalue weighted by molar-refractivity contribution is -0.137. The number of amides is 1. The number of carboxylic acids is 1. The molecule has 2 aromatic heterocycles. The average molecular weight is 558 g/mol. The fourth-order valence-corrected chi connectivity index (χ4v) is 5.99. The van der Waals surface area contributed by atoms with Crippen molar-refractivity contribution >= 4 is 22.9 Å². The van der Waals surface area contributed by atoms with E-state index in [-0.39, 0.29) is 18.7 Å². The molecule has 0 saturated carbocycles. The van der Waals surface area contributed by atoms with Gasteiger partial charge in [0.1, 0.15) is 11.3 Å². The maximum Gasteiger partial charge on any atom is 0.304 e. The Bertz CT molecular complexity index is 1630. The summed E-state index contributed by atoms with van der Waals surface area (Å²) in [5, 5.41) is 18.7. The van der Waals surface area contributed by atoms with Gasteiger partial charge >= 0.3 is 5.97 Å². The molecule has 5 aliphatic rings. The van der Waals surface area contributed by atoms with Gasteiger partial charge < -0.3 is 14.7 Å². The normalized spacial score (nSPS) is 17.9. The first kappa shape index (κ1) is 26.9. The van der Waals surface area contributed by atoms with E-state index in [1.807, 2.05) is 41.9 Å². The largest absolute Gasteiger partial charge is 0.492 e. The van der Waals surface area contributed by atoms with Gasteiger partial charge in [-0.05, 0) is 66.5 Å². The molecular formula is C31H32FN5O4. The minimum Gasteiger partial charge on any atom is -0.492 e. The van der Waals surface area contributed by atoms with E-state index in [9.17, 15) is 19.1 Å². The van der Waals surface area contributed by atoms with Gasteiger partial charge in [0.05, 0.1) is 24.7 Å². The molecule has 0 fully saturated rings. The van der Waals surface area contributed by atoms with E-state index in [1.165, 1.54) is 12.3 Å². The second kappa shape index (κ2) is 11.3. The molecule has 0 spiro atoms. The Kier molecular flexibility index (Phi) is 7.38.